The molecule has 0 unspecified atom stereocenters. The molecule has 0 aromatic carbocycles. The van der Waals surface area contributed by atoms with E-state index in [-0.39, 0.29) is 40.0 Å². The van der Waals surface area contributed by atoms with Gasteiger partial charge in [-0.05, 0) is 37.5 Å². The highest BCUT2D eigenvalue weighted by Gasteiger charge is 2.47. The fraction of sp³-hybridized carbons (Fsp3) is 0.381. The number of hydrogen-bond donors (Lipinski definition) is 3. The molecule has 13 heteroatoms. The zero-order valence-electron chi connectivity index (χ0n) is 17.6. The number of fused-ring (bicyclic) bond motifs is 4. The number of halogens is 2. The summed E-state index contributed by atoms with van der Waals surface area (Å²) in [6.45, 7) is 0. The van der Waals surface area contributed by atoms with E-state index in [9.17, 15) is 9.90 Å². The maximum Gasteiger partial charge on any atom is 0.308 e. The van der Waals surface area contributed by atoms with Crippen LogP contribution in [0.4, 0.5) is 10.2 Å². The van der Waals surface area contributed by atoms with Crippen LogP contribution in [0.5, 0.6) is 0 Å². The monoisotopic (exact) mass is 500 g/mol. The van der Waals surface area contributed by atoms with Crippen molar-refractivity contribution < 1.29 is 14.3 Å². The normalized spacial score (nSPS) is 23.9. The van der Waals surface area contributed by atoms with Gasteiger partial charge in [-0.15, -0.1) is 0 Å². The SMILES string of the molecule is O=C(O)[C@H]1C2CCC(CC2)[C@@H]1Nc1nc(-c2c[nH]c3ncc(Cl)nc23)nc(-c2cnsn2)c1F. The van der Waals surface area contributed by atoms with Crippen molar-refractivity contribution >= 4 is 46.3 Å². The van der Waals surface area contributed by atoms with Crippen molar-refractivity contribution in [2.75, 3.05) is 5.32 Å². The summed E-state index contributed by atoms with van der Waals surface area (Å²) in [6, 6.07) is -0.430. The molecule has 2 atom stereocenters. The Labute approximate surface area is 201 Å². The van der Waals surface area contributed by atoms with Crippen LogP contribution >= 0.6 is 23.3 Å². The van der Waals surface area contributed by atoms with Crippen LogP contribution in [0.15, 0.2) is 18.6 Å². The summed E-state index contributed by atoms with van der Waals surface area (Å²) in [5.41, 5.74) is 1.63. The average molecular weight is 501 g/mol. The van der Waals surface area contributed by atoms with Crippen LogP contribution in [0.25, 0.3) is 33.9 Å². The van der Waals surface area contributed by atoms with Gasteiger partial charge in [0.2, 0.25) is 0 Å². The first-order valence-corrected chi connectivity index (χ1v) is 11.9. The van der Waals surface area contributed by atoms with E-state index in [0.29, 0.717) is 16.7 Å². The Kier molecular flexibility index (Phi) is 5.14. The second-order valence-corrected chi connectivity index (χ2v) is 9.60. The van der Waals surface area contributed by atoms with Crippen molar-refractivity contribution in [1.29, 1.82) is 0 Å². The third kappa shape index (κ3) is 3.48. The summed E-state index contributed by atoms with van der Waals surface area (Å²) in [5.74, 6) is -1.86. The molecule has 3 aliphatic rings. The minimum atomic E-state index is -0.868. The van der Waals surface area contributed by atoms with E-state index in [1.165, 1.54) is 12.4 Å². The lowest BCUT2D eigenvalue weighted by molar-refractivity contribution is -0.148. The lowest BCUT2D eigenvalue weighted by Gasteiger charge is -2.47. The predicted octanol–water partition coefficient (Wildman–Crippen LogP) is 4.03. The van der Waals surface area contributed by atoms with Gasteiger partial charge in [0.05, 0.1) is 35.6 Å². The smallest absolute Gasteiger partial charge is 0.308 e. The lowest BCUT2D eigenvalue weighted by atomic mass is 9.61. The molecule has 4 aromatic heterocycles. The van der Waals surface area contributed by atoms with E-state index in [4.69, 9.17) is 11.6 Å². The van der Waals surface area contributed by atoms with Gasteiger partial charge in [-0.3, -0.25) is 4.79 Å². The number of rotatable bonds is 5. The number of aliphatic carboxylic acids is 1. The third-order valence-corrected chi connectivity index (χ3v) is 7.52. The molecule has 3 fully saturated rings. The quantitative estimate of drug-likeness (QED) is 0.370. The number of aromatic amines is 1. The molecular formula is C21H18ClFN8O2S. The Morgan fingerprint density at radius 3 is 2.71 bits per heavy atom. The van der Waals surface area contributed by atoms with Gasteiger partial charge < -0.3 is 15.4 Å². The van der Waals surface area contributed by atoms with Crippen molar-refractivity contribution in [3.63, 3.8) is 0 Å². The average Bonchev–Trinajstić information content (AvgIpc) is 3.51. The zero-order valence-corrected chi connectivity index (χ0v) is 19.1. The molecule has 3 saturated carbocycles. The summed E-state index contributed by atoms with van der Waals surface area (Å²) in [4.78, 5) is 32.5. The number of anilines is 1. The molecule has 4 heterocycles. The van der Waals surface area contributed by atoms with Crippen LogP contribution in [-0.2, 0) is 4.79 Å². The highest BCUT2D eigenvalue weighted by molar-refractivity contribution is 6.99. The van der Waals surface area contributed by atoms with Crippen molar-refractivity contribution in [2.24, 2.45) is 17.8 Å². The molecular weight excluding hydrogens is 483 g/mol. The van der Waals surface area contributed by atoms with Gasteiger partial charge in [-0.25, -0.2) is 24.3 Å². The summed E-state index contributed by atoms with van der Waals surface area (Å²) >= 11 is 6.98. The van der Waals surface area contributed by atoms with E-state index in [1.54, 1.807) is 6.20 Å². The number of H-pyrrole nitrogens is 1. The van der Waals surface area contributed by atoms with Crippen LogP contribution in [0.3, 0.4) is 0 Å². The molecule has 0 amide bonds. The first-order valence-electron chi connectivity index (χ1n) is 10.8. The minimum Gasteiger partial charge on any atom is -0.481 e. The highest BCUT2D eigenvalue weighted by Crippen LogP contribution is 2.46. The molecule has 0 spiro atoms. The van der Waals surface area contributed by atoms with Crippen molar-refractivity contribution in [3.05, 3.63) is 29.6 Å². The summed E-state index contributed by atoms with van der Waals surface area (Å²) in [6.07, 6.45) is 8.04. The molecule has 3 N–H and O–H groups in total. The summed E-state index contributed by atoms with van der Waals surface area (Å²) < 4.78 is 23.8. The van der Waals surface area contributed by atoms with Crippen molar-refractivity contribution in [1.82, 2.24) is 33.7 Å². The molecule has 10 nitrogen and oxygen atoms in total. The third-order valence-electron chi connectivity index (χ3n) is 6.86. The van der Waals surface area contributed by atoms with Crippen LogP contribution in [0.1, 0.15) is 25.7 Å². The topological polar surface area (TPSA) is 142 Å². The van der Waals surface area contributed by atoms with Crippen LogP contribution in [0.2, 0.25) is 5.15 Å². The van der Waals surface area contributed by atoms with E-state index in [2.05, 4.69) is 39.0 Å². The predicted molar refractivity (Wildman–Crippen MR) is 123 cm³/mol. The fourth-order valence-electron chi connectivity index (χ4n) is 5.31. The molecule has 34 heavy (non-hydrogen) atoms. The molecule has 2 bridgehead atoms. The largest absolute Gasteiger partial charge is 0.481 e. The van der Waals surface area contributed by atoms with Gasteiger partial charge in [-0.1, -0.05) is 11.6 Å². The van der Waals surface area contributed by atoms with E-state index < -0.39 is 23.7 Å². The van der Waals surface area contributed by atoms with E-state index >= 15 is 4.39 Å². The van der Waals surface area contributed by atoms with Gasteiger partial charge >= 0.3 is 5.97 Å². The number of nitrogens with zero attached hydrogens (tertiary/aromatic N) is 6. The Bertz CT molecular complexity index is 1390. The van der Waals surface area contributed by atoms with E-state index in [1.807, 2.05) is 0 Å². The van der Waals surface area contributed by atoms with E-state index in [0.717, 1.165) is 37.4 Å². The second kappa shape index (κ2) is 8.20. The van der Waals surface area contributed by atoms with Crippen molar-refractivity contribution in [3.8, 4) is 22.8 Å². The first kappa shape index (κ1) is 21.3. The maximum atomic E-state index is 15.7. The fourth-order valence-corrected chi connectivity index (χ4v) is 5.86. The molecule has 4 aromatic rings. The Morgan fingerprint density at radius 1 is 1.18 bits per heavy atom. The zero-order chi connectivity index (χ0) is 23.4. The molecule has 7 rings (SSSR count). The summed E-state index contributed by atoms with van der Waals surface area (Å²) in [5, 5.41) is 13.3. The molecule has 0 radical (unpaired) electrons. The van der Waals surface area contributed by atoms with Gasteiger partial charge in [0.25, 0.3) is 0 Å². The number of carboxylic acids is 1. The van der Waals surface area contributed by atoms with Crippen LogP contribution in [-0.4, -0.2) is 50.8 Å². The summed E-state index contributed by atoms with van der Waals surface area (Å²) in [7, 11) is 0. The molecule has 174 valence electrons. The number of nitrogens with one attached hydrogen (secondary N) is 2. The van der Waals surface area contributed by atoms with Gasteiger partial charge in [0.1, 0.15) is 22.1 Å². The number of carbonyl (C=O) groups is 1. The second-order valence-electron chi connectivity index (χ2n) is 8.65. The number of carboxylic acid groups (broad SMARTS) is 1. The molecule has 0 aliphatic heterocycles. The minimum absolute atomic E-state index is 0.0292. The van der Waals surface area contributed by atoms with Gasteiger partial charge in [0.15, 0.2) is 23.1 Å². The maximum absolute atomic E-state index is 15.7. The lowest BCUT2D eigenvalue weighted by Crippen LogP contribution is -2.51. The number of aromatic nitrogens is 7. The van der Waals surface area contributed by atoms with Crippen LogP contribution in [0, 0.1) is 23.6 Å². The Balaban J connectivity index is 1.49. The van der Waals surface area contributed by atoms with Crippen molar-refractivity contribution in [2.45, 2.75) is 31.7 Å². The standard InChI is InChI=1S/C21H18ClFN8O2S/c22-12-7-25-20-16(27-12)10(5-24-20)18-29-17(11-6-26-34-31-11)14(23)19(30-18)28-15-9-3-1-8(2-4-9)13(15)21(32)33/h5-9,13,15H,1-4H2,(H,24,25)(H,32,33)(H,28,29,30)/t8?,9?,13-,15-/m0/s1. The first-order chi connectivity index (χ1) is 16.5. The Hall–Kier alpha value is -3.25. The molecule has 0 saturated heterocycles. The number of hydrogen-bond acceptors (Lipinski definition) is 9. The van der Waals surface area contributed by atoms with Crippen LogP contribution < -0.4 is 5.32 Å². The Morgan fingerprint density at radius 2 is 1.97 bits per heavy atom. The van der Waals surface area contributed by atoms with Gasteiger partial charge in [-0.2, -0.15) is 8.75 Å². The van der Waals surface area contributed by atoms with Gasteiger partial charge in [0, 0.05) is 12.2 Å². The molecule has 3 aliphatic carbocycles. The highest BCUT2D eigenvalue weighted by atomic mass is 35.5.